The zero-order valence-corrected chi connectivity index (χ0v) is 15.6. The topological polar surface area (TPSA) is 122 Å². The molecule has 136 valence electrons. The Kier molecular flexibility index (Phi) is 4.55. The molecule has 0 saturated heterocycles. The highest BCUT2D eigenvalue weighted by Crippen LogP contribution is 2.25. The molecular formula is C16H16N4O4S2. The number of H-pyrrole nitrogens is 1. The smallest absolute Gasteiger partial charge is 0.263 e. The molecule has 10 heteroatoms. The molecule has 0 aliphatic carbocycles. The Labute approximate surface area is 151 Å². The average molecular weight is 392 g/mol. The standard InChI is InChI=1S/C16H16N4O4S2/c1-11-17-16(19-18-11)12-6-5-7-13(10-12)20-26(23,24)15-9-4-3-8-14(15)25(2,21)22/h3-10,20H,1-2H3,(H,17,18,19). The number of aromatic amines is 1. The van der Waals surface area contributed by atoms with Crippen LogP contribution in [-0.2, 0) is 19.9 Å². The third-order valence-electron chi connectivity index (χ3n) is 3.51. The van der Waals surface area contributed by atoms with E-state index in [1.54, 1.807) is 31.2 Å². The molecule has 3 rings (SSSR count). The van der Waals surface area contributed by atoms with Gasteiger partial charge in [0.1, 0.15) is 10.7 Å². The Bertz CT molecular complexity index is 1170. The molecule has 1 aromatic heterocycles. The van der Waals surface area contributed by atoms with E-state index in [1.165, 1.54) is 24.3 Å². The van der Waals surface area contributed by atoms with E-state index < -0.39 is 19.9 Å². The molecule has 0 aliphatic heterocycles. The second-order valence-corrected chi connectivity index (χ2v) is 9.28. The summed E-state index contributed by atoms with van der Waals surface area (Å²) in [6.45, 7) is 1.76. The van der Waals surface area contributed by atoms with Crippen molar-refractivity contribution in [2.24, 2.45) is 0 Å². The summed E-state index contributed by atoms with van der Waals surface area (Å²) in [6, 6.07) is 12.0. The van der Waals surface area contributed by atoms with E-state index in [1.807, 2.05) is 0 Å². The van der Waals surface area contributed by atoms with Gasteiger partial charge in [0.2, 0.25) is 0 Å². The number of rotatable bonds is 5. The Morgan fingerprint density at radius 2 is 1.65 bits per heavy atom. The molecular weight excluding hydrogens is 376 g/mol. The second-order valence-electron chi connectivity index (χ2n) is 5.65. The lowest BCUT2D eigenvalue weighted by Crippen LogP contribution is -2.16. The third kappa shape index (κ3) is 3.75. The summed E-state index contributed by atoms with van der Waals surface area (Å²) in [5.41, 5.74) is 0.888. The fourth-order valence-electron chi connectivity index (χ4n) is 2.38. The van der Waals surface area contributed by atoms with Gasteiger partial charge in [0, 0.05) is 17.5 Å². The van der Waals surface area contributed by atoms with Crippen LogP contribution < -0.4 is 4.72 Å². The SMILES string of the molecule is Cc1nc(-c2cccc(NS(=O)(=O)c3ccccc3S(C)(=O)=O)c2)n[nH]1. The predicted octanol–water partition coefficient (Wildman–Crippen LogP) is 1.98. The van der Waals surface area contributed by atoms with E-state index in [4.69, 9.17) is 0 Å². The first-order valence-corrected chi connectivity index (χ1v) is 10.9. The highest BCUT2D eigenvalue weighted by Gasteiger charge is 2.23. The molecule has 0 bridgehead atoms. The maximum atomic E-state index is 12.7. The minimum Gasteiger partial charge on any atom is -0.280 e. The van der Waals surface area contributed by atoms with Gasteiger partial charge in [-0.3, -0.25) is 9.82 Å². The Balaban J connectivity index is 1.99. The molecule has 0 atom stereocenters. The zero-order valence-electron chi connectivity index (χ0n) is 14.0. The summed E-state index contributed by atoms with van der Waals surface area (Å²) >= 11 is 0. The number of nitrogens with zero attached hydrogens (tertiary/aromatic N) is 2. The summed E-state index contributed by atoms with van der Waals surface area (Å²) in [5, 5.41) is 6.75. The first-order valence-electron chi connectivity index (χ1n) is 7.48. The van der Waals surface area contributed by atoms with Gasteiger partial charge in [-0.25, -0.2) is 21.8 Å². The lowest BCUT2D eigenvalue weighted by atomic mass is 10.2. The monoisotopic (exact) mass is 392 g/mol. The van der Waals surface area contributed by atoms with Crippen LogP contribution in [0.1, 0.15) is 5.82 Å². The van der Waals surface area contributed by atoms with Crippen molar-refractivity contribution in [3.63, 3.8) is 0 Å². The molecule has 0 amide bonds. The zero-order chi connectivity index (χ0) is 18.9. The summed E-state index contributed by atoms with van der Waals surface area (Å²) in [7, 11) is -7.80. The predicted molar refractivity (Wildman–Crippen MR) is 96.9 cm³/mol. The quantitative estimate of drug-likeness (QED) is 0.685. The van der Waals surface area contributed by atoms with Crippen LogP contribution in [-0.4, -0.2) is 38.3 Å². The largest absolute Gasteiger partial charge is 0.280 e. The van der Waals surface area contributed by atoms with Crippen molar-refractivity contribution in [3.05, 3.63) is 54.4 Å². The van der Waals surface area contributed by atoms with Crippen LogP contribution in [0.15, 0.2) is 58.3 Å². The normalized spacial score (nSPS) is 12.1. The molecule has 2 N–H and O–H groups in total. The van der Waals surface area contributed by atoms with Crippen molar-refractivity contribution >= 4 is 25.5 Å². The van der Waals surface area contributed by atoms with Crippen LogP contribution in [0.5, 0.6) is 0 Å². The van der Waals surface area contributed by atoms with Crippen LogP contribution in [0.4, 0.5) is 5.69 Å². The van der Waals surface area contributed by atoms with Crippen LogP contribution in [0.3, 0.4) is 0 Å². The van der Waals surface area contributed by atoms with E-state index in [2.05, 4.69) is 19.9 Å². The fraction of sp³-hybridized carbons (Fsp3) is 0.125. The summed E-state index contributed by atoms with van der Waals surface area (Å²) in [5.74, 6) is 1.06. The highest BCUT2D eigenvalue weighted by molar-refractivity contribution is 7.95. The lowest BCUT2D eigenvalue weighted by Gasteiger charge is -2.11. The van der Waals surface area contributed by atoms with Gasteiger partial charge in [0.05, 0.1) is 4.90 Å². The van der Waals surface area contributed by atoms with E-state index in [0.717, 1.165) is 6.26 Å². The number of aromatic nitrogens is 3. The van der Waals surface area contributed by atoms with Crippen LogP contribution in [0.2, 0.25) is 0 Å². The maximum Gasteiger partial charge on any atom is 0.263 e. The maximum absolute atomic E-state index is 12.7. The third-order valence-corrected chi connectivity index (χ3v) is 6.23. The van der Waals surface area contributed by atoms with Crippen molar-refractivity contribution in [2.45, 2.75) is 16.7 Å². The lowest BCUT2D eigenvalue weighted by molar-refractivity contribution is 0.588. The number of sulfone groups is 1. The first-order chi connectivity index (χ1) is 12.2. The molecule has 0 spiro atoms. The number of anilines is 1. The van der Waals surface area contributed by atoms with E-state index in [-0.39, 0.29) is 15.5 Å². The van der Waals surface area contributed by atoms with Crippen molar-refractivity contribution in [1.82, 2.24) is 15.2 Å². The molecule has 1 heterocycles. The number of benzene rings is 2. The minimum absolute atomic E-state index is 0.256. The van der Waals surface area contributed by atoms with Gasteiger partial charge < -0.3 is 0 Å². The highest BCUT2D eigenvalue weighted by atomic mass is 32.2. The molecule has 0 fully saturated rings. The van der Waals surface area contributed by atoms with Crippen molar-refractivity contribution in [2.75, 3.05) is 11.0 Å². The van der Waals surface area contributed by atoms with Crippen molar-refractivity contribution in [1.29, 1.82) is 0 Å². The molecule has 0 aliphatic rings. The van der Waals surface area contributed by atoms with Gasteiger partial charge in [-0.05, 0) is 31.2 Å². The number of sulfonamides is 1. The van der Waals surface area contributed by atoms with E-state index in [0.29, 0.717) is 17.2 Å². The minimum atomic E-state index is -4.10. The Morgan fingerprint density at radius 1 is 0.962 bits per heavy atom. The van der Waals surface area contributed by atoms with Gasteiger partial charge in [-0.2, -0.15) is 5.10 Å². The van der Waals surface area contributed by atoms with Crippen LogP contribution in [0, 0.1) is 6.92 Å². The number of hydrogen-bond acceptors (Lipinski definition) is 6. The molecule has 0 saturated carbocycles. The van der Waals surface area contributed by atoms with Crippen molar-refractivity contribution in [3.8, 4) is 11.4 Å². The number of hydrogen-bond donors (Lipinski definition) is 2. The van der Waals surface area contributed by atoms with E-state index >= 15 is 0 Å². The Hall–Kier alpha value is -2.72. The first kappa shape index (κ1) is 18.1. The Morgan fingerprint density at radius 3 is 2.27 bits per heavy atom. The van der Waals surface area contributed by atoms with Gasteiger partial charge >= 0.3 is 0 Å². The molecule has 0 radical (unpaired) electrons. The summed E-state index contributed by atoms with van der Waals surface area (Å²) in [6.07, 6.45) is 0.966. The molecule has 2 aromatic carbocycles. The summed E-state index contributed by atoms with van der Waals surface area (Å²) in [4.78, 5) is 3.64. The second kappa shape index (κ2) is 6.54. The van der Waals surface area contributed by atoms with Gasteiger partial charge in [-0.1, -0.05) is 24.3 Å². The number of aryl methyl sites for hydroxylation is 1. The van der Waals surface area contributed by atoms with Gasteiger partial charge in [0.25, 0.3) is 10.0 Å². The van der Waals surface area contributed by atoms with Crippen LogP contribution in [0.25, 0.3) is 11.4 Å². The fourth-order valence-corrected chi connectivity index (χ4v) is 5.06. The average Bonchev–Trinajstić information content (AvgIpc) is 3.00. The number of nitrogens with one attached hydrogen (secondary N) is 2. The van der Waals surface area contributed by atoms with Gasteiger partial charge in [-0.15, -0.1) is 0 Å². The molecule has 8 nitrogen and oxygen atoms in total. The molecule has 0 unspecified atom stereocenters. The molecule has 3 aromatic rings. The van der Waals surface area contributed by atoms with Crippen molar-refractivity contribution < 1.29 is 16.8 Å². The van der Waals surface area contributed by atoms with Crippen LogP contribution >= 0.6 is 0 Å². The van der Waals surface area contributed by atoms with Gasteiger partial charge in [0.15, 0.2) is 15.7 Å². The molecule has 26 heavy (non-hydrogen) atoms. The summed E-state index contributed by atoms with van der Waals surface area (Å²) < 4.78 is 51.6. The van der Waals surface area contributed by atoms with E-state index in [9.17, 15) is 16.8 Å².